The van der Waals surface area contributed by atoms with Crippen molar-refractivity contribution in [2.45, 2.75) is 12.8 Å². The summed E-state index contributed by atoms with van der Waals surface area (Å²) in [7, 11) is 0. The number of hydrogen-bond donors (Lipinski definition) is 1. The van der Waals surface area contributed by atoms with Crippen LogP contribution in [-0.4, -0.2) is 23.3 Å². The van der Waals surface area contributed by atoms with Crippen LogP contribution < -0.4 is 10.2 Å². The molecule has 28 heavy (non-hydrogen) atoms. The van der Waals surface area contributed by atoms with E-state index in [0.717, 1.165) is 12.1 Å². The number of nitrogens with zero attached hydrogens (tertiary/aromatic N) is 2. The number of hydrogen-bond acceptors (Lipinski definition) is 4. The SMILES string of the molecule is O=C(Nc1nc(-c2ccc(F)c(Cl)c2)cs1)c1ccc(N2CCCC2=O)cc1. The highest BCUT2D eigenvalue weighted by Crippen LogP contribution is 2.28. The maximum atomic E-state index is 13.3. The monoisotopic (exact) mass is 415 g/mol. The summed E-state index contributed by atoms with van der Waals surface area (Å²) in [6.07, 6.45) is 1.42. The van der Waals surface area contributed by atoms with Gasteiger partial charge in [0.15, 0.2) is 5.13 Å². The number of thiazole rings is 1. The van der Waals surface area contributed by atoms with E-state index in [0.29, 0.717) is 34.9 Å². The van der Waals surface area contributed by atoms with Crippen molar-refractivity contribution < 1.29 is 14.0 Å². The number of amides is 2. The van der Waals surface area contributed by atoms with Crippen LogP contribution in [-0.2, 0) is 4.79 Å². The van der Waals surface area contributed by atoms with Crippen LogP contribution in [0.1, 0.15) is 23.2 Å². The Bertz CT molecular complexity index is 1050. The van der Waals surface area contributed by atoms with E-state index in [1.54, 1.807) is 40.6 Å². The van der Waals surface area contributed by atoms with Crippen LogP contribution >= 0.6 is 22.9 Å². The molecule has 0 saturated carbocycles. The second kappa shape index (κ2) is 7.69. The van der Waals surface area contributed by atoms with Crippen molar-refractivity contribution in [3.05, 3.63) is 64.2 Å². The van der Waals surface area contributed by atoms with Gasteiger partial charge in [-0.3, -0.25) is 14.9 Å². The van der Waals surface area contributed by atoms with E-state index in [1.807, 2.05) is 0 Å². The molecule has 3 aromatic rings. The van der Waals surface area contributed by atoms with E-state index in [9.17, 15) is 14.0 Å². The van der Waals surface area contributed by atoms with Gasteiger partial charge < -0.3 is 4.90 Å². The first-order valence-electron chi connectivity index (χ1n) is 8.64. The van der Waals surface area contributed by atoms with Gasteiger partial charge in [-0.2, -0.15) is 0 Å². The first-order chi connectivity index (χ1) is 13.5. The second-order valence-electron chi connectivity index (χ2n) is 6.32. The Morgan fingerprint density at radius 2 is 2.00 bits per heavy atom. The fourth-order valence-electron chi connectivity index (χ4n) is 3.00. The predicted octanol–water partition coefficient (Wildman–Crippen LogP) is 4.98. The number of halogens is 2. The van der Waals surface area contributed by atoms with Gasteiger partial charge >= 0.3 is 0 Å². The number of carbonyl (C=O) groups is 2. The van der Waals surface area contributed by atoms with E-state index in [4.69, 9.17) is 11.6 Å². The Balaban J connectivity index is 1.46. The molecule has 1 aliphatic heterocycles. The molecule has 1 N–H and O–H groups in total. The number of benzene rings is 2. The molecule has 1 saturated heterocycles. The number of carbonyl (C=O) groups excluding carboxylic acids is 2. The van der Waals surface area contributed by atoms with Crippen molar-refractivity contribution in [3.8, 4) is 11.3 Å². The lowest BCUT2D eigenvalue weighted by molar-refractivity contribution is -0.117. The van der Waals surface area contributed by atoms with Crippen LogP contribution in [0, 0.1) is 5.82 Å². The Kier molecular flexibility index (Phi) is 5.11. The average molecular weight is 416 g/mol. The second-order valence-corrected chi connectivity index (χ2v) is 7.58. The number of anilines is 2. The third-order valence-corrected chi connectivity index (χ3v) is 5.50. The highest BCUT2D eigenvalue weighted by atomic mass is 35.5. The number of nitrogens with one attached hydrogen (secondary N) is 1. The standard InChI is InChI=1S/C20H15ClFN3O2S/c21-15-10-13(5-8-16(15)22)17-11-28-20(23-17)24-19(27)12-3-6-14(7-4-12)25-9-1-2-18(25)26/h3-8,10-11H,1-2,9H2,(H,23,24,27). The highest BCUT2D eigenvalue weighted by molar-refractivity contribution is 7.14. The predicted molar refractivity (Wildman–Crippen MR) is 109 cm³/mol. The van der Waals surface area contributed by atoms with E-state index in [1.165, 1.54) is 23.5 Å². The van der Waals surface area contributed by atoms with Crippen LogP contribution in [0.5, 0.6) is 0 Å². The van der Waals surface area contributed by atoms with Crippen molar-refractivity contribution in [2.75, 3.05) is 16.8 Å². The molecule has 4 rings (SSSR count). The van der Waals surface area contributed by atoms with Crippen molar-refractivity contribution in [3.63, 3.8) is 0 Å². The lowest BCUT2D eigenvalue weighted by Crippen LogP contribution is -2.23. The third-order valence-electron chi connectivity index (χ3n) is 4.45. The molecular weight excluding hydrogens is 401 g/mol. The van der Waals surface area contributed by atoms with Crippen molar-refractivity contribution in [1.82, 2.24) is 4.98 Å². The normalized spacial score (nSPS) is 13.8. The molecule has 0 atom stereocenters. The number of rotatable bonds is 4. The van der Waals surface area contributed by atoms with Crippen molar-refractivity contribution >= 4 is 45.6 Å². The molecule has 2 heterocycles. The quantitative estimate of drug-likeness (QED) is 0.653. The van der Waals surface area contributed by atoms with E-state index in [-0.39, 0.29) is 16.8 Å². The lowest BCUT2D eigenvalue weighted by Gasteiger charge is -2.15. The molecule has 1 aromatic heterocycles. The maximum absolute atomic E-state index is 13.3. The minimum Gasteiger partial charge on any atom is -0.312 e. The fraction of sp³-hybridized carbons (Fsp3) is 0.150. The zero-order chi connectivity index (χ0) is 19.7. The molecule has 0 spiro atoms. The summed E-state index contributed by atoms with van der Waals surface area (Å²) in [5.74, 6) is -0.681. The van der Waals surface area contributed by atoms with Crippen LogP contribution in [0.15, 0.2) is 47.8 Å². The van der Waals surface area contributed by atoms with E-state index >= 15 is 0 Å². The maximum Gasteiger partial charge on any atom is 0.257 e. The lowest BCUT2D eigenvalue weighted by atomic mass is 10.2. The first-order valence-corrected chi connectivity index (χ1v) is 9.90. The molecule has 8 heteroatoms. The van der Waals surface area contributed by atoms with Gasteiger partial charge in [0.25, 0.3) is 5.91 Å². The zero-order valence-corrected chi connectivity index (χ0v) is 16.2. The molecule has 2 aromatic carbocycles. The minimum atomic E-state index is -0.492. The van der Waals surface area contributed by atoms with Crippen LogP contribution in [0.25, 0.3) is 11.3 Å². The summed E-state index contributed by atoms with van der Waals surface area (Å²) >= 11 is 7.08. The molecule has 0 radical (unpaired) electrons. The zero-order valence-electron chi connectivity index (χ0n) is 14.6. The van der Waals surface area contributed by atoms with Crippen molar-refractivity contribution in [2.24, 2.45) is 0 Å². The average Bonchev–Trinajstić information content (AvgIpc) is 3.33. The summed E-state index contributed by atoms with van der Waals surface area (Å²) in [4.78, 5) is 30.3. The van der Waals surface area contributed by atoms with Gasteiger partial charge in [0.05, 0.1) is 10.7 Å². The Morgan fingerprint density at radius 3 is 2.68 bits per heavy atom. The molecule has 142 valence electrons. The Morgan fingerprint density at radius 1 is 1.21 bits per heavy atom. The van der Waals surface area contributed by atoms with Gasteiger partial charge in [-0.1, -0.05) is 11.6 Å². The first kappa shape index (κ1) is 18.6. The summed E-state index contributed by atoms with van der Waals surface area (Å²) in [6.45, 7) is 0.708. The van der Waals surface area contributed by atoms with E-state index < -0.39 is 5.82 Å². The molecule has 0 bridgehead atoms. The van der Waals surface area contributed by atoms with Gasteiger partial charge in [0.1, 0.15) is 5.82 Å². The fourth-order valence-corrected chi connectivity index (χ4v) is 3.90. The Hall–Kier alpha value is -2.77. The summed E-state index contributed by atoms with van der Waals surface area (Å²) < 4.78 is 13.3. The smallest absolute Gasteiger partial charge is 0.257 e. The molecule has 0 aliphatic carbocycles. The topological polar surface area (TPSA) is 62.3 Å². The summed E-state index contributed by atoms with van der Waals surface area (Å²) in [6, 6.07) is 11.3. The molecule has 5 nitrogen and oxygen atoms in total. The molecular formula is C20H15ClFN3O2S. The van der Waals surface area contributed by atoms with Gasteiger partial charge in [-0.05, 0) is 48.9 Å². The van der Waals surface area contributed by atoms with Gasteiger partial charge in [0.2, 0.25) is 5.91 Å². The van der Waals surface area contributed by atoms with Crippen LogP contribution in [0.4, 0.5) is 15.2 Å². The third kappa shape index (κ3) is 3.76. The summed E-state index contributed by atoms with van der Waals surface area (Å²) in [5, 5.41) is 4.97. The summed E-state index contributed by atoms with van der Waals surface area (Å²) in [5.41, 5.74) is 2.54. The van der Waals surface area contributed by atoms with Gasteiger partial charge in [-0.25, -0.2) is 9.37 Å². The Labute approximate surface area is 169 Å². The van der Waals surface area contributed by atoms with Crippen LogP contribution in [0.3, 0.4) is 0 Å². The van der Waals surface area contributed by atoms with Gasteiger partial charge in [0, 0.05) is 35.2 Å². The number of aromatic nitrogens is 1. The molecule has 1 fully saturated rings. The highest BCUT2D eigenvalue weighted by Gasteiger charge is 2.21. The van der Waals surface area contributed by atoms with E-state index in [2.05, 4.69) is 10.3 Å². The largest absolute Gasteiger partial charge is 0.312 e. The minimum absolute atomic E-state index is 0.0210. The van der Waals surface area contributed by atoms with Crippen LogP contribution in [0.2, 0.25) is 5.02 Å². The van der Waals surface area contributed by atoms with Gasteiger partial charge in [-0.15, -0.1) is 11.3 Å². The molecule has 1 aliphatic rings. The molecule has 2 amide bonds. The van der Waals surface area contributed by atoms with Crippen molar-refractivity contribution in [1.29, 1.82) is 0 Å². The molecule has 0 unspecified atom stereocenters.